The van der Waals surface area contributed by atoms with Crippen molar-refractivity contribution in [2.45, 2.75) is 104 Å². The van der Waals surface area contributed by atoms with Crippen LogP contribution in [0.5, 0.6) is 5.75 Å². The molecule has 0 radical (unpaired) electrons. The second-order valence-corrected chi connectivity index (χ2v) is 11.3. The van der Waals surface area contributed by atoms with Crippen molar-refractivity contribution in [1.82, 2.24) is 0 Å². The largest absolute Gasteiger partial charge is 0.490 e. The Kier molecular flexibility index (Phi) is 9.96. The number of allylic oxidation sites excluding steroid dienone is 1. The first-order valence-corrected chi connectivity index (χ1v) is 14.5. The maximum absolute atomic E-state index is 5.80. The van der Waals surface area contributed by atoms with E-state index in [4.69, 9.17) is 4.74 Å². The molecule has 0 atom stereocenters. The average molecular weight is 461 g/mol. The second kappa shape index (κ2) is 13.4. The van der Waals surface area contributed by atoms with E-state index < -0.39 is 0 Å². The molecular formula is C33H48O. The summed E-state index contributed by atoms with van der Waals surface area (Å²) >= 11 is 0. The third kappa shape index (κ3) is 7.37. The highest BCUT2D eigenvalue weighted by molar-refractivity contribution is 5.84. The van der Waals surface area contributed by atoms with Crippen LogP contribution in [0.25, 0.3) is 10.8 Å². The lowest BCUT2D eigenvalue weighted by atomic mass is 9.68. The molecule has 0 bridgehead atoms. The van der Waals surface area contributed by atoms with Crippen LogP contribution >= 0.6 is 0 Å². The van der Waals surface area contributed by atoms with Crippen LogP contribution in [-0.4, -0.2) is 6.61 Å². The van der Waals surface area contributed by atoms with E-state index in [0.717, 1.165) is 29.4 Å². The lowest BCUT2D eigenvalue weighted by Gasteiger charge is -2.38. The fourth-order valence-corrected chi connectivity index (χ4v) is 6.71. The van der Waals surface area contributed by atoms with E-state index in [2.05, 4.69) is 43.3 Å². The van der Waals surface area contributed by atoms with Gasteiger partial charge in [0.25, 0.3) is 0 Å². The molecule has 1 heteroatoms. The maximum Gasteiger partial charge on any atom is 0.120 e. The predicted molar refractivity (Wildman–Crippen MR) is 148 cm³/mol. The molecule has 186 valence electrons. The Balaban J connectivity index is 1.18. The van der Waals surface area contributed by atoms with Crippen molar-refractivity contribution in [3.8, 4) is 5.75 Å². The number of rotatable bonds is 11. The fraction of sp³-hybridized carbons (Fsp3) is 0.636. The van der Waals surface area contributed by atoms with Crippen molar-refractivity contribution in [2.75, 3.05) is 6.61 Å². The van der Waals surface area contributed by atoms with Gasteiger partial charge in [0.15, 0.2) is 0 Å². The van der Waals surface area contributed by atoms with Crippen LogP contribution in [0.1, 0.15) is 103 Å². The third-order valence-electron chi connectivity index (χ3n) is 8.96. The zero-order chi connectivity index (χ0) is 23.6. The maximum atomic E-state index is 5.80. The fourth-order valence-electron chi connectivity index (χ4n) is 6.71. The molecule has 2 fully saturated rings. The summed E-state index contributed by atoms with van der Waals surface area (Å²) in [6.07, 6.45) is 24.5. The van der Waals surface area contributed by atoms with Crippen molar-refractivity contribution < 1.29 is 4.74 Å². The minimum absolute atomic E-state index is 0.642. The van der Waals surface area contributed by atoms with Crippen LogP contribution in [0.2, 0.25) is 0 Å². The molecule has 0 unspecified atom stereocenters. The van der Waals surface area contributed by atoms with Crippen LogP contribution < -0.4 is 4.74 Å². The first kappa shape index (κ1) is 25.3. The van der Waals surface area contributed by atoms with Gasteiger partial charge >= 0.3 is 0 Å². The number of fused-ring (bicyclic) bond motifs is 1. The highest BCUT2D eigenvalue weighted by Gasteiger charge is 2.30. The van der Waals surface area contributed by atoms with Crippen LogP contribution in [0, 0.1) is 23.7 Å². The minimum atomic E-state index is 0.642. The number of aryl methyl sites for hydroxylation is 1. The van der Waals surface area contributed by atoms with Crippen LogP contribution in [0.4, 0.5) is 0 Å². The van der Waals surface area contributed by atoms with E-state index in [0.29, 0.717) is 6.61 Å². The Labute approximate surface area is 209 Å². The molecule has 34 heavy (non-hydrogen) atoms. The molecule has 2 aliphatic rings. The summed E-state index contributed by atoms with van der Waals surface area (Å²) in [6, 6.07) is 13.5. The minimum Gasteiger partial charge on any atom is -0.490 e. The molecule has 0 heterocycles. The van der Waals surface area contributed by atoms with Gasteiger partial charge in [0.05, 0.1) is 0 Å². The van der Waals surface area contributed by atoms with E-state index in [-0.39, 0.29) is 0 Å². The number of unbranched alkanes of at least 4 members (excludes halogenated alkanes) is 2. The normalized spacial score (nSPS) is 25.7. The Bertz CT molecular complexity index is 881. The molecule has 2 aliphatic carbocycles. The summed E-state index contributed by atoms with van der Waals surface area (Å²) < 4.78 is 5.80. The number of benzene rings is 2. The van der Waals surface area contributed by atoms with E-state index in [1.54, 1.807) is 0 Å². The molecule has 4 rings (SSSR count). The van der Waals surface area contributed by atoms with Gasteiger partial charge in [-0.3, -0.25) is 0 Å². The van der Waals surface area contributed by atoms with Crippen molar-refractivity contribution in [3.63, 3.8) is 0 Å². The van der Waals surface area contributed by atoms with Gasteiger partial charge in [-0.2, -0.15) is 0 Å². The van der Waals surface area contributed by atoms with Gasteiger partial charge in [-0.05, 0) is 97.6 Å². The van der Waals surface area contributed by atoms with Crippen LogP contribution in [0.3, 0.4) is 0 Å². The molecule has 1 nitrogen and oxygen atoms in total. The molecular weight excluding hydrogens is 412 g/mol. The Morgan fingerprint density at radius 1 is 0.765 bits per heavy atom. The van der Waals surface area contributed by atoms with Gasteiger partial charge in [0, 0.05) is 0 Å². The molecule has 0 N–H and O–H groups in total. The van der Waals surface area contributed by atoms with E-state index in [9.17, 15) is 0 Å². The quantitative estimate of drug-likeness (QED) is 0.239. The summed E-state index contributed by atoms with van der Waals surface area (Å²) in [5.74, 6) is 5.05. The highest BCUT2D eigenvalue weighted by atomic mass is 16.5. The first-order valence-electron chi connectivity index (χ1n) is 14.5. The predicted octanol–water partition coefficient (Wildman–Crippen LogP) is 9.92. The van der Waals surface area contributed by atoms with E-state index in [1.807, 2.05) is 19.1 Å². The van der Waals surface area contributed by atoms with Crippen molar-refractivity contribution in [1.29, 1.82) is 0 Å². The highest BCUT2D eigenvalue weighted by Crippen LogP contribution is 2.43. The lowest BCUT2D eigenvalue weighted by molar-refractivity contribution is 0.140. The summed E-state index contributed by atoms with van der Waals surface area (Å²) in [5.41, 5.74) is 1.50. The molecule has 0 aromatic heterocycles. The molecule has 0 aliphatic heterocycles. The Hall–Kier alpha value is -1.76. The summed E-state index contributed by atoms with van der Waals surface area (Å²) in [7, 11) is 0. The van der Waals surface area contributed by atoms with E-state index in [1.165, 1.54) is 106 Å². The zero-order valence-electron chi connectivity index (χ0n) is 21.9. The lowest BCUT2D eigenvalue weighted by Crippen LogP contribution is -2.26. The second-order valence-electron chi connectivity index (χ2n) is 11.3. The topological polar surface area (TPSA) is 9.23 Å². The Morgan fingerprint density at radius 2 is 1.41 bits per heavy atom. The molecule has 2 aromatic rings. The van der Waals surface area contributed by atoms with Crippen LogP contribution in [0.15, 0.2) is 48.6 Å². The molecule has 2 aromatic carbocycles. The van der Waals surface area contributed by atoms with Gasteiger partial charge < -0.3 is 4.74 Å². The first-order chi connectivity index (χ1) is 16.7. The molecule has 2 saturated carbocycles. The summed E-state index contributed by atoms with van der Waals surface area (Å²) in [5, 5.41) is 2.62. The van der Waals surface area contributed by atoms with E-state index >= 15 is 0 Å². The zero-order valence-corrected chi connectivity index (χ0v) is 21.9. The average Bonchev–Trinajstić information content (AvgIpc) is 2.88. The van der Waals surface area contributed by atoms with Crippen molar-refractivity contribution in [3.05, 3.63) is 54.1 Å². The smallest absolute Gasteiger partial charge is 0.120 e. The summed E-state index contributed by atoms with van der Waals surface area (Å²) in [6.45, 7) is 4.99. The monoisotopic (exact) mass is 460 g/mol. The van der Waals surface area contributed by atoms with Crippen molar-refractivity contribution >= 4 is 10.8 Å². The molecule has 0 saturated heterocycles. The van der Waals surface area contributed by atoms with Gasteiger partial charge in [0.2, 0.25) is 0 Å². The van der Waals surface area contributed by atoms with Gasteiger partial charge in [-0.25, -0.2) is 0 Å². The molecule has 0 spiro atoms. The van der Waals surface area contributed by atoms with Gasteiger partial charge in [0.1, 0.15) is 12.4 Å². The third-order valence-corrected chi connectivity index (χ3v) is 8.96. The molecule has 0 amide bonds. The SMILES string of the molecule is CC=CCOc1ccc2cc(CCC3CCC(C4CCC(CCCCC)CC4)CC3)ccc2c1. The number of hydrogen-bond acceptors (Lipinski definition) is 1. The summed E-state index contributed by atoms with van der Waals surface area (Å²) in [4.78, 5) is 0. The van der Waals surface area contributed by atoms with Gasteiger partial charge in [-0.15, -0.1) is 0 Å². The van der Waals surface area contributed by atoms with Gasteiger partial charge in [-0.1, -0.05) is 94.7 Å². The number of ether oxygens (including phenoxy) is 1. The Morgan fingerprint density at radius 3 is 2.09 bits per heavy atom. The van der Waals surface area contributed by atoms with Crippen molar-refractivity contribution in [2.24, 2.45) is 23.7 Å². The number of hydrogen-bond donors (Lipinski definition) is 0. The van der Waals surface area contributed by atoms with Crippen LogP contribution in [-0.2, 0) is 6.42 Å². The standard InChI is InChI=1S/C33H48O/c1-3-5-7-8-26-11-16-29(17-12-26)30-18-13-27(14-19-30)9-10-28-15-20-32-25-33(34-23-6-4-2)22-21-31(32)24-28/h4,6,15,20-22,24-27,29-30H,3,5,7-14,16-19,23H2,1-2H3.